The van der Waals surface area contributed by atoms with Gasteiger partial charge < -0.3 is 0 Å². The van der Waals surface area contributed by atoms with Crippen LogP contribution in [-0.2, 0) is 5.41 Å². The molecule has 1 aromatic heterocycles. The van der Waals surface area contributed by atoms with Crippen LogP contribution in [0.4, 0.5) is 0 Å². The van der Waals surface area contributed by atoms with Crippen molar-refractivity contribution in [2.24, 2.45) is 0 Å². The summed E-state index contributed by atoms with van der Waals surface area (Å²) in [5, 5.41) is 7.54. The molecule has 2 aliphatic carbocycles. The van der Waals surface area contributed by atoms with Gasteiger partial charge in [0.2, 0.25) is 0 Å². The van der Waals surface area contributed by atoms with Crippen LogP contribution in [0, 0.1) is 0 Å². The number of hydrogen-bond acceptors (Lipinski definition) is 3. The number of hydrogen-bond donors (Lipinski definition) is 0. The Morgan fingerprint density at radius 3 is 1.63 bits per heavy atom. The first-order chi connectivity index (χ1) is 24.3. The van der Waals surface area contributed by atoms with E-state index < -0.39 is 5.41 Å². The van der Waals surface area contributed by atoms with E-state index in [4.69, 9.17) is 15.0 Å². The largest absolute Gasteiger partial charge is 0.208 e. The Balaban J connectivity index is 1.24. The minimum Gasteiger partial charge on any atom is -0.208 e. The van der Waals surface area contributed by atoms with Gasteiger partial charge in [-0.2, -0.15) is 0 Å². The first-order valence-electron chi connectivity index (χ1n) is 16.8. The minimum absolute atomic E-state index is 0.446. The summed E-state index contributed by atoms with van der Waals surface area (Å²) >= 11 is 0. The Morgan fingerprint density at radius 1 is 0.327 bits per heavy atom. The number of aromatic nitrogens is 3. The monoisotopic (exact) mass is 621 g/mol. The SMILES string of the molecule is c1ccc(-c2nc(-c3cccc4c3-c3ccccc3C43c4cccc5ccc6cccc3c6c45)nc(-c3cccc4ccccc34)n2)cc1. The third kappa shape index (κ3) is 3.49. The molecular formula is C46H27N3. The summed E-state index contributed by atoms with van der Waals surface area (Å²) in [5.41, 5.74) is 10.2. The quantitative estimate of drug-likeness (QED) is 0.184. The van der Waals surface area contributed by atoms with Gasteiger partial charge in [0.05, 0.1) is 5.41 Å². The molecule has 0 saturated carbocycles. The fourth-order valence-corrected chi connectivity index (χ4v) is 8.77. The van der Waals surface area contributed by atoms with Crippen molar-refractivity contribution in [1.29, 1.82) is 0 Å². The summed E-state index contributed by atoms with van der Waals surface area (Å²) in [6.07, 6.45) is 0. The van der Waals surface area contributed by atoms with Gasteiger partial charge in [0, 0.05) is 16.7 Å². The maximum Gasteiger partial charge on any atom is 0.164 e. The third-order valence-electron chi connectivity index (χ3n) is 10.7. The zero-order valence-corrected chi connectivity index (χ0v) is 26.4. The highest BCUT2D eigenvalue weighted by Crippen LogP contribution is 2.63. The van der Waals surface area contributed by atoms with Crippen molar-refractivity contribution >= 4 is 32.3 Å². The summed E-state index contributed by atoms with van der Waals surface area (Å²) in [7, 11) is 0. The molecule has 0 N–H and O–H groups in total. The molecule has 0 bridgehead atoms. The fourth-order valence-electron chi connectivity index (χ4n) is 8.77. The number of nitrogens with zero attached hydrogens (tertiary/aromatic N) is 3. The second kappa shape index (κ2) is 9.79. The second-order valence-electron chi connectivity index (χ2n) is 13.1. The minimum atomic E-state index is -0.446. The highest BCUT2D eigenvalue weighted by atomic mass is 15.0. The first-order valence-corrected chi connectivity index (χ1v) is 16.8. The average Bonchev–Trinajstić information content (AvgIpc) is 3.65. The van der Waals surface area contributed by atoms with Crippen LogP contribution in [0.15, 0.2) is 164 Å². The van der Waals surface area contributed by atoms with Crippen LogP contribution >= 0.6 is 0 Å². The molecule has 1 spiro atoms. The normalized spacial score (nSPS) is 13.5. The van der Waals surface area contributed by atoms with Gasteiger partial charge in [0.25, 0.3) is 0 Å². The fraction of sp³-hybridized carbons (Fsp3) is 0.0217. The molecule has 3 heteroatoms. The van der Waals surface area contributed by atoms with Gasteiger partial charge in [-0.05, 0) is 65.7 Å². The molecule has 2 aliphatic rings. The van der Waals surface area contributed by atoms with Gasteiger partial charge in [0.15, 0.2) is 17.5 Å². The molecule has 8 aromatic carbocycles. The summed E-state index contributed by atoms with van der Waals surface area (Å²) < 4.78 is 0. The zero-order valence-electron chi connectivity index (χ0n) is 26.4. The third-order valence-corrected chi connectivity index (χ3v) is 10.7. The van der Waals surface area contributed by atoms with E-state index in [2.05, 4.69) is 146 Å². The number of fused-ring (bicyclic) bond motifs is 8. The van der Waals surface area contributed by atoms with Crippen LogP contribution in [-0.4, -0.2) is 15.0 Å². The predicted octanol–water partition coefficient (Wildman–Crippen LogP) is 11.0. The van der Waals surface area contributed by atoms with Crippen LogP contribution in [0.3, 0.4) is 0 Å². The highest BCUT2D eigenvalue weighted by Gasteiger charge is 2.51. The molecule has 0 aliphatic heterocycles. The van der Waals surface area contributed by atoms with E-state index >= 15 is 0 Å². The molecule has 0 atom stereocenters. The molecule has 49 heavy (non-hydrogen) atoms. The number of rotatable bonds is 3. The molecule has 1 heterocycles. The van der Waals surface area contributed by atoms with Gasteiger partial charge >= 0.3 is 0 Å². The molecular weight excluding hydrogens is 595 g/mol. The van der Waals surface area contributed by atoms with Crippen LogP contribution in [0.5, 0.6) is 0 Å². The lowest BCUT2D eigenvalue weighted by Gasteiger charge is -2.31. The van der Waals surface area contributed by atoms with Crippen molar-refractivity contribution in [3.63, 3.8) is 0 Å². The van der Waals surface area contributed by atoms with E-state index in [1.807, 2.05) is 18.2 Å². The van der Waals surface area contributed by atoms with Crippen molar-refractivity contribution in [2.45, 2.75) is 5.41 Å². The van der Waals surface area contributed by atoms with Crippen LogP contribution < -0.4 is 0 Å². The molecule has 11 rings (SSSR count). The van der Waals surface area contributed by atoms with Gasteiger partial charge in [-0.3, -0.25) is 0 Å². The van der Waals surface area contributed by atoms with E-state index in [1.54, 1.807) is 0 Å². The lowest BCUT2D eigenvalue weighted by molar-refractivity contribution is 0.797. The first kappa shape index (κ1) is 26.6. The van der Waals surface area contributed by atoms with Crippen molar-refractivity contribution in [3.8, 4) is 45.3 Å². The van der Waals surface area contributed by atoms with E-state index in [0.29, 0.717) is 17.5 Å². The molecule has 0 amide bonds. The lowest BCUT2D eigenvalue weighted by atomic mass is 9.70. The summed E-state index contributed by atoms with van der Waals surface area (Å²) in [5.74, 6) is 2.00. The second-order valence-corrected chi connectivity index (χ2v) is 13.1. The van der Waals surface area contributed by atoms with Gasteiger partial charge in [-0.1, -0.05) is 164 Å². The Labute approximate surface area is 283 Å². The zero-order chi connectivity index (χ0) is 32.1. The topological polar surface area (TPSA) is 38.7 Å². The van der Waals surface area contributed by atoms with Gasteiger partial charge in [0.1, 0.15) is 0 Å². The van der Waals surface area contributed by atoms with Gasteiger partial charge in [-0.15, -0.1) is 0 Å². The van der Waals surface area contributed by atoms with Crippen LogP contribution in [0.25, 0.3) is 77.6 Å². The van der Waals surface area contributed by atoms with E-state index in [-0.39, 0.29) is 0 Å². The van der Waals surface area contributed by atoms with E-state index in [0.717, 1.165) is 27.5 Å². The number of benzene rings is 8. The molecule has 9 aromatic rings. The standard InChI is InChI=1S/C46H27N3/c1-2-13-31(14-3-1)43-47-44(33-20-8-15-28-12-4-5-18-32(28)33)49-45(48-43)35-21-11-25-39-42(35)34-19-6-7-22-36(34)46(39)37-23-9-16-29-26-27-30-17-10-24-38(46)41(30)40(29)37/h1-27H. The molecule has 226 valence electrons. The summed E-state index contributed by atoms with van der Waals surface area (Å²) in [6.45, 7) is 0. The van der Waals surface area contributed by atoms with Crippen molar-refractivity contribution in [1.82, 2.24) is 15.0 Å². The highest BCUT2D eigenvalue weighted by molar-refractivity contribution is 6.17. The molecule has 0 saturated heterocycles. The maximum atomic E-state index is 5.31. The van der Waals surface area contributed by atoms with Crippen molar-refractivity contribution in [2.75, 3.05) is 0 Å². The summed E-state index contributed by atoms with van der Waals surface area (Å²) in [4.78, 5) is 15.7. The molecule has 0 unspecified atom stereocenters. The average molecular weight is 622 g/mol. The van der Waals surface area contributed by atoms with Gasteiger partial charge in [-0.25, -0.2) is 15.0 Å². The molecule has 0 fully saturated rings. The van der Waals surface area contributed by atoms with Crippen LogP contribution in [0.1, 0.15) is 22.3 Å². The van der Waals surface area contributed by atoms with E-state index in [1.165, 1.54) is 54.9 Å². The maximum absolute atomic E-state index is 5.31. The van der Waals surface area contributed by atoms with Crippen molar-refractivity contribution < 1.29 is 0 Å². The Kier molecular flexibility index (Phi) is 5.31. The predicted molar refractivity (Wildman–Crippen MR) is 200 cm³/mol. The molecule has 0 radical (unpaired) electrons. The van der Waals surface area contributed by atoms with Crippen LogP contribution in [0.2, 0.25) is 0 Å². The summed E-state index contributed by atoms with van der Waals surface area (Å²) in [6, 6.07) is 58.8. The Bertz CT molecular complexity index is 2770. The molecule has 3 nitrogen and oxygen atoms in total. The smallest absolute Gasteiger partial charge is 0.164 e. The Hall–Kier alpha value is -6.45. The Morgan fingerprint density at radius 2 is 0.837 bits per heavy atom. The van der Waals surface area contributed by atoms with Crippen molar-refractivity contribution in [3.05, 3.63) is 186 Å². The van der Waals surface area contributed by atoms with E-state index in [9.17, 15) is 0 Å². The lowest BCUT2D eigenvalue weighted by Crippen LogP contribution is -2.26.